The van der Waals surface area contributed by atoms with Crippen molar-refractivity contribution in [3.63, 3.8) is 0 Å². The van der Waals surface area contributed by atoms with Crippen LogP contribution in [0.5, 0.6) is 0 Å². The van der Waals surface area contributed by atoms with Crippen LogP contribution in [0.1, 0.15) is 317 Å². The Balaban J connectivity index is 4.25. The molecule has 0 heterocycles. The van der Waals surface area contributed by atoms with Crippen LogP contribution in [-0.4, -0.2) is 37.2 Å². The van der Waals surface area contributed by atoms with Gasteiger partial charge < -0.3 is 14.2 Å². The van der Waals surface area contributed by atoms with Gasteiger partial charge in [-0.15, -0.1) is 0 Å². The third-order valence-electron chi connectivity index (χ3n) is 13.2. The number of unbranched alkanes of at least 4 members (excludes halogenated alkanes) is 37. The molecule has 0 aromatic rings. The smallest absolute Gasteiger partial charge is 0.306 e. The van der Waals surface area contributed by atoms with E-state index in [1.54, 1.807) is 0 Å². The molecule has 0 rings (SSSR count). The van der Waals surface area contributed by atoms with Crippen LogP contribution >= 0.6 is 0 Å². The lowest BCUT2D eigenvalue weighted by Gasteiger charge is -2.18. The minimum absolute atomic E-state index is 0.0631. The fourth-order valence-electron chi connectivity index (χ4n) is 8.54. The number of carbonyl (C=O) groups is 3. The summed E-state index contributed by atoms with van der Waals surface area (Å²) in [7, 11) is 0. The summed E-state index contributed by atoms with van der Waals surface area (Å²) in [5.41, 5.74) is 0. The van der Waals surface area contributed by atoms with E-state index >= 15 is 0 Å². The monoisotopic (exact) mass is 877 g/mol. The third kappa shape index (κ3) is 47.9. The lowest BCUT2D eigenvalue weighted by molar-refractivity contribution is -0.167. The van der Waals surface area contributed by atoms with E-state index in [0.29, 0.717) is 19.3 Å². The molecule has 0 saturated carbocycles. The number of esters is 3. The molecule has 0 amide bonds. The van der Waals surface area contributed by atoms with Gasteiger partial charge in [-0.2, -0.15) is 0 Å². The van der Waals surface area contributed by atoms with Crippen molar-refractivity contribution in [1.29, 1.82) is 0 Å². The average Bonchev–Trinajstić information content (AvgIpc) is 3.27. The van der Waals surface area contributed by atoms with E-state index in [0.717, 1.165) is 63.7 Å². The molecule has 0 saturated heterocycles. The normalized spacial score (nSPS) is 12.4. The molecule has 0 aliphatic heterocycles. The van der Waals surface area contributed by atoms with Gasteiger partial charge in [0.05, 0.1) is 0 Å². The molecular formula is C56H108O6. The molecule has 0 aromatic carbocycles. The van der Waals surface area contributed by atoms with Crippen molar-refractivity contribution in [1.82, 2.24) is 0 Å². The average molecular weight is 877 g/mol. The van der Waals surface area contributed by atoms with E-state index in [9.17, 15) is 14.4 Å². The second-order valence-electron chi connectivity index (χ2n) is 19.5. The highest BCUT2D eigenvalue weighted by atomic mass is 16.6. The van der Waals surface area contributed by atoms with E-state index in [-0.39, 0.29) is 31.1 Å². The molecule has 2 atom stereocenters. The van der Waals surface area contributed by atoms with Gasteiger partial charge in [0.15, 0.2) is 6.10 Å². The topological polar surface area (TPSA) is 78.9 Å². The van der Waals surface area contributed by atoms with Crippen molar-refractivity contribution < 1.29 is 28.6 Å². The minimum Gasteiger partial charge on any atom is -0.462 e. The Bertz CT molecular complexity index is 935. The minimum atomic E-state index is -0.762. The van der Waals surface area contributed by atoms with Gasteiger partial charge in [0.25, 0.3) is 0 Å². The highest BCUT2D eigenvalue weighted by Gasteiger charge is 2.19. The number of carbonyl (C=O) groups excluding carboxylic acids is 3. The summed E-state index contributed by atoms with van der Waals surface area (Å²) < 4.78 is 16.8. The van der Waals surface area contributed by atoms with Crippen molar-refractivity contribution in [2.45, 2.75) is 323 Å². The summed E-state index contributed by atoms with van der Waals surface area (Å²) in [5.74, 6) is -0.0285. The Morgan fingerprint density at radius 2 is 0.565 bits per heavy atom. The molecule has 0 N–H and O–H groups in total. The molecule has 0 aliphatic carbocycles. The Kier molecular flexibility index (Phi) is 49.1. The maximum Gasteiger partial charge on any atom is 0.306 e. The molecule has 0 bridgehead atoms. The van der Waals surface area contributed by atoms with Crippen molar-refractivity contribution in [2.24, 2.45) is 5.92 Å². The number of hydrogen-bond donors (Lipinski definition) is 0. The Labute approximate surface area is 387 Å². The van der Waals surface area contributed by atoms with E-state index in [2.05, 4.69) is 27.7 Å². The van der Waals surface area contributed by atoms with Crippen molar-refractivity contribution in [3.8, 4) is 0 Å². The molecule has 0 aromatic heterocycles. The molecule has 368 valence electrons. The maximum atomic E-state index is 12.8. The molecule has 6 nitrogen and oxygen atoms in total. The summed E-state index contributed by atoms with van der Waals surface area (Å²) in [6.45, 7) is 9.02. The summed E-state index contributed by atoms with van der Waals surface area (Å²) in [4.78, 5) is 38.0. The van der Waals surface area contributed by atoms with Crippen LogP contribution in [0, 0.1) is 5.92 Å². The first kappa shape index (κ1) is 60.4. The van der Waals surface area contributed by atoms with E-state index < -0.39 is 6.10 Å². The quantitative estimate of drug-likeness (QED) is 0.0344. The summed E-state index contributed by atoms with van der Waals surface area (Å²) in [6, 6.07) is 0. The lowest BCUT2D eigenvalue weighted by Crippen LogP contribution is -2.30. The van der Waals surface area contributed by atoms with Crippen LogP contribution in [0.3, 0.4) is 0 Å². The van der Waals surface area contributed by atoms with Crippen LogP contribution < -0.4 is 0 Å². The van der Waals surface area contributed by atoms with Crippen molar-refractivity contribution in [3.05, 3.63) is 0 Å². The van der Waals surface area contributed by atoms with Crippen LogP contribution in [0.25, 0.3) is 0 Å². The van der Waals surface area contributed by atoms with Gasteiger partial charge in [-0.3, -0.25) is 14.4 Å². The Morgan fingerprint density at radius 1 is 0.323 bits per heavy atom. The number of ether oxygens (including phenoxy) is 3. The third-order valence-corrected chi connectivity index (χ3v) is 13.2. The molecule has 6 heteroatoms. The highest BCUT2D eigenvalue weighted by molar-refractivity contribution is 5.71. The number of rotatable bonds is 51. The molecule has 0 aliphatic rings. The number of hydrogen-bond acceptors (Lipinski definition) is 6. The standard InChI is InChI=1S/C56H108O6/c1-5-8-10-12-14-16-18-20-22-23-24-25-27-29-31-33-35-41-45-49-56(59)62-53(51-61-55(58)48-44-40-37-36-38-42-46-52(4)7-3)50-60-54(57)47-43-39-34-32-30-28-26-21-19-17-15-13-11-9-6-2/h52-53H,5-51H2,1-4H3/t52?,53-/m0/s1. The van der Waals surface area contributed by atoms with Gasteiger partial charge in [0.2, 0.25) is 0 Å². The zero-order chi connectivity index (χ0) is 45.2. The van der Waals surface area contributed by atoms with Crippen molar-refractivity contribution >= 4 is 17.9 Å². The fraction of sp³-hybridized carbons (Fsp3) is 0.946. The molecule has 0 fully saturated rings. The second-order valence-corrected chi connectivity index (χ2v) is 19.5. The first-order chi connectivity index (χ1) is 30.4. The molecule has 0 radical (unpaired) electrons. The first-order valence-electron chi connectivity index (χ1n) is 27.9. The van der Waals surface area contributed by atoms with E-state index in [1.165, 1.54) is 212 Å². The summed E-state index contributed by atoms with van der Waals surface area (Å²) in [6.07, 6.45) is 53.8. The van der Waals surface area contributed by atoms with Gasteiger partial charge in [-0.1, -0.05) is 278 Å². The molecule has 1 unspecified atom stereocenters. The van der Waals surface area contributed by atoms with Gasteiger partial charge in [0.1, 0.15) is 13.2 Å². The van der Waals surface area contributed by atoms with E-state index in [4.69, 9.17) is 14.2 Å². The first-order valence-corrected chi connectivity index (χ1v) is 27.9. The Hall–Kier alpha value is -1.59. The fourth-order valence-corrected chi connectivity index (χ4v) is 8.54. The highest BCUT2D eigenvalue weighted by Crippen LogP contribution is 2.18. The van der Waals surface area contributed by atoms with Gasteiger partial charge in [0, 0.05) is 19.3 Å². The predicted molar refractivity (Wildman–Crippen MR) is 266 cm³/mol. The van der Waals surface area contributed by atoms with Gasteiger partial charge in [-0.05, 0) is 25.2 Å². The predicted octanol–water partition coefficient (Wildman–Crippen LogP) is 18.2. The molecule has 0 spiro atoms. The zero-order valence-electron chi connectivity index (χ0n) is 42.3. The SMILES string of the molecule is CCCCCCCCCCCCCCCCCCCCCC(=O)O[C@@H](COC(=O)CCCCCCCCCCCCCCCCC)COC(=O)CCCCCCCCC(C)CC. The van der Waals surface area contributed by atoms with Gasteiger partial charge >= 0.3 is 17.9 Å². The largest absolute Gasteiger partial charge is 0.462 e. The van der Waals surface area contributed by atoms with Crippen LogP contribution in [0.2, 0.25) is 0 Å². The second kappa shape index (κ2) is 50.4. The summed E-state index contributed by atoms with van der Waals surface area (Å²) >= 11 is 0. The van der Waals surface area contributed by atoms with Crippen LogP contribution in [0.4, 0.5) is 0 Å². The van der Waals surface area contributed by atoms with E-state index in [1.807, 2.05) is 0 Å². The molecule has 62 heavy (non-hydrogen) atoms. The lowest BCUT2D eigenvalue weighted by atomic mass is 10.00. The zero-order valence-corrected chi connectivity index (χ0v) is 42.3. The van der Waals surface area contributed by atoms with Crippen LogP contribution in [0.15, 0.2) is 0 Å². The van der Waals surface area contributed by atoms with Crippen LogP contribution in [-0.2, 0) is 28.6 Å². The van der Waals surface area contributed by atoms with Gasteiger partial charge in [-0.25, -0.2) is 0 Å². The molecular weight excluding hydrogens is 769 g/mol. The van der Waals surface area contributed by atoms with Crippen molar-refractivity contribution in [2.75, 3.05) is 13.2 Å². The maximum absolute atomic E-state index is 12.8. The summed E-state index contributed by atoms with van der Waals surface area (Å²) in [5, 5.41) is 0. The Morgan fingerprint density at radius 3 is 0.839 bits per heavy atom.